The van der Waals surface area contributed by atoms with Crippen LogP contribution < -0.4 is 5.32 Å². The highest BCUT2D eigenvalue weighted by molar-refractivity contribution is 5.95. The van der Waals surface area contributed by atoms with Gasteiger partial charge in [-0.2, -0.15) is 5.10 Å². The van der Waals surface area contributed by atoms with Crippen LogP contribution in [0.1, 0.15) is 23.0 Å². The summed E-state index contributed by atoms with van der Waals surface area (Å²) in [5, 5.41) is 15.9. The lowest BCUT2D eigenvalue weighted by Gasteiger charge is -2.09. The van der Waals surface area contributed by atoms with E-state index in [0.29, 0.717) is 17.7 Å². The van der Waals surface area contributed by atoms with Gasteiger partial charge in [-0.3, -0.25) is 9.48 Å². The number of esters is 1. The summed E-state index contributed by atoms with van der Waals surface area (Å²) in [7, 11) is 2.89. The molecular weight excluding hydrogens is 238 g/mol. The molecular formula is C11H17N3O4. The zero-order chi connectivity index (χ0) is 13.7. The molecule has 0 aliphatic heterocycles. The smallest absolute Gasteiger partial charge is 0.336 e. The van der Waals surface area contributed by atoms with Crippen LogP contribution in [0.15, 0.2) is 6.20 Å². The number of rotatable bonds is 5. The topological polar surface area (TPSA) is 93.5 Å². The molecule has 100 valence electrons. The van der Waals surface area contributed by atoms with E-state index < -0.39 is 12.1 Å². The minimum absolute atomic E-state index is 0.191. The van der Waals surface area contributed by atoms with Crippen LogP contribution in [0.25, 0.3) is 0 Å². The Bertz CT molecular complexity index is 441. The molecule has 1 atom stereocenters. The molecule has 1 amide bonds. The molecule has 1 heterocycles. The van der Waals surface area contributed by atoms with E-state index in [4.69, 9.17) is 0 Å². The number of aromatic nitrogens is 2. The van der Waals surface area contributed by atoms with Gasteiger partial charge in [-0.1, -0.05) is 6.92 Å². The van der Waals surface area contributed by atoms with E-state index in [9.17, 15) is 14.7 Å². The Kier molecular flexibility index (Phi) is 4.85. The van der Waals surface area contributed by atoms with Crippen molar-refractivity contribution in [1.82, 2.24) is 15.1 Å². The van der Waals surface area contributed by atoms with Crippen LogP contribution >= 0.6 is 0 Å². The van der Waals surface area contributed by atoms with Crippen molar-refractivity contribution in [2.45, 2.75) is 19.4 Å². The summed E-state index contributed by atoms with van der Waals surface area (Å²) in [4.78, 5) is 22.8. The Hall–Kier alpha value is -1.89. The average Bonchev–Trinajstić information content (AvgIpc) is 2.75. The standard InChI is InChI=1S/C11H17N3O4/c1-4-8-7(6-14(2)13-8)10(16)12-5-9(15)11(17)18-3/h6,9,15H,4-5H2,1-3H3,(H,12,16). The number of carbonyl (C=O) groups excluding carboxylic acids is 2. The first-order valence-corrected chi connectivity index (χ1v) is 5.56. The lowest BCUT2D eigenvalue weighted by Crippen LogP contribution is -2.37. The Morgan fingerprint density at radius 2 is 2.28 bits per heavy atom. The summed E-state index contributed by atoms with van der Waals surface area (Å²) in [6.45, 7) is 1.70. The number of aliphatic hydroxyl groups is 1. The summed E-state index contributed by atoms with van der Waals surface area (Å²) in [6.07, 6.45) is 0.864. The van der Waals surface area contributed by atoms with Crippen LogP contribution in [0.4, 0.5) is 0 Å². The molecule has 7 nitrogen and oxygen atoms in total. The number of nitrogens with one attached hydrogen (secondary N) is 1. The number of nitrogens with zero attached hydrogens (tertiary/aromatic N) is 2. The predicted molar refractivity (Wildman–Crippen MR) is 62.9 cm³/mol. The molecule has 0 fully saturated rings. The second kappa shape index (κ2) is 6.15. The van der Waals surface area contributed by atoms with Gasteiger partial charge < -0.3 is 15.2 Å². The number of carbonyl (C=O) groups is 2. The Balaban J connectivity index is 2.63. The predicted octanol–water partition coefficient (Wildman–Crippen LogP) is -0.754. The Morgan fingerprint density at radius 1 is 1.61 bits per heavy atom. The van der Waals surface area contributed by atoms with Crippen LogP contribution in [-0.2, 0) is 23.0 Å². The minimum atomic E-state index is -1.36. The number of hydrogen-bond donors (Lipinski definition) is 2. The molecule has 0 aliphatic rings. The van der Waals surface area contributed by atoms with Gasteiger partial charge in [0.15, 0.2) is 6.10 Å². The largest absolute Gasteiger partial charge is 0.467 e. The molecule has 18 heavy (non-hydrogen) atoms. The van der Waals surface area contributed by atoms with Crippen LogP contribution in [0, 0.1) is 0 Å². The summed E-state index contributed by atoms with van der Waals surface area (Å²) < 4.78 is 5.89. The average molecular weight is 255 g/mol. The lowest BCUT2D eigenvalue weighted by molar-refractivity contribution is -0.149. The maximum atomic E-state index is 11.8. The van der Waals surface area contributed by atoms with Crippen molar-refractivity contribution in [2.24, 2.45) is 7.05 Å². The fraction of sp³-hybridized carbons (Fsp3) is 0.545. The van der Waals surface area contributed by atoms with Gasteiger partial charge in [-0.25, -0.2) is 4.79 Å². The number of ether oxygens (including phenoxy) is 1. The molecule has 1 aromatic heterocycles. The first kappa shape index (κ1) is 14.2. The van der Waals surface area contributed by atoms with Crippen molar-refractivity contribution < 1.29 is 19.4 Å². The molecule has 0 saturated heterocycles. The number of aliphatic hydroxyl groups excluding tert-OH is 1. The molecule has 7 heteroatoms. The molecule has 0 bridgehead atoms. The van der Waals surface area contributed by atoms with Crippen LogP contribution in [0.5, 0.6) is 0 Å². The van der Waals surface area contributed by atoms with Crippen molar-refractivity contribution in [3.05, 3.63) is 17.5 Å². The number of hydrogen-bond acceptors (Lipinski definition) is 5. The maximum Gasteiger partial charge on any atom is 0.336 e. The van der Waals surface area contributed by atoms with Crippen LogP contribution in [-0.4, -0.2) is 46.5 Å². The molecule has 1 unspecified atom stereocenters. The van der Waals surface area contributed by atoms with Crippen LogP contribution in [0.2, 0.25) is 0 Å². The molecule has 0 spiro atoms. The SMILES string of the molecule is CCc1nn(C)cc1C(=O)NCC(O)C(=O)OC. The monoisotopic (exact) mass is 255 g/mol. The number of methoxy groups -OCH3 is 1. The van der Waals surface area contributed by atoms with Crippen molar-refractivity contribution in [3.63, 3.8) is 0 Å². The second-order valence-electron chi connectivity index (χ2n) is 3.77. The van der Waals surface area contributed by atoms with Crippen molar-refractivity contribution in [2.75, 3.05) is 13.7 Å². The van der Waals surface area contributed by atoms with E-state index in [0.717, 1.165) is 0 Å². The highest BCUT2D eigenvalue weighted by atomic mass is 16.5. The molecule has 0 aliphatic carbocycles. The first-order valence-electron chi connectivity index (χ1n) is 5.56. The fourth-order valence-electron chi connectivity index (χ4n) is 1.49. The van der Waals surface area contributed by atoms with E-state index in [-0.39, 0.29) is 12.5 Å². The summed E-state index contributed by atoms with van der Waals surface area (Å²) in [5.41, 5.74) is 1.11. The molecule has 0 saturated carbocycles. The normalized spacial score (nSPS) is 12.0. The Morgan fingerprint density at radius 3 is 2.83 bits per heavy atom. The number of aryl methyl sites for hydroxylation is 2. The first-order chi connectivity index (χ1) is 8.49. The van der Waals surface area contributed by atoms with Crippen molar-refractivity contribution in [3.8, 4) is 0 Å². The van der Waals surface area contributed by atoms with Gasteiger partial charge in [0.2, 0.25) is 0 Å². The zero-order valence-electron chi connectivity index (χ0n) is 10.6. The van der Waals surface area contributed by atoms with Gasteiger partial charge in [-0.05, 0) is 6.42 Å². The van der Waals surface area contributed by atoms with Gasteiger partial charge in [0.05, 0.1) is 24.9 Å². The van der Waals surface area contributed by atoms with Gasteiger partial charge in [0.1, 0.15) is 0 Å². The van der Waals surface area contributed by atoms with E-state index in [1.165, 1.54) is 7.11 Å². The Labute approximate surface area is 105 Å². The lowest BCUT2D eigenvalue weighted by atomic mass is 10.2. The third-order valence-corrected chi connectivity index (χ3v) is 2.41. The van der Waals surface area contributed by atoms with E-state index in [2.05, 4.69) is 15.2 Å². The van der Waals surface area contributed by atoms with Crippen LogP contribution in [0.3, 0.4) is 0 Å². The maximum absolute atomic E-state index is 11.8. The van der Waals surface area contributed by atoms with Crippen molar-refractivity contribution >= 4 is 11.9 Å². The third-order valence-electron chi connectivity index (χ3n) is 2.41. The summed E-state index contributed by atoms with van der Waals surface area (Å²) in [6, 6.07) is 0. The third kappa shape index (κ3) is 3.30. The fourth-order valence-corrected chi connectivity index (χ4v) is 1.49. The zero-order valence-corrected chi connectivity index (χ0v) is 10.6. The summed E-state index contributed by atoms with van der Waals surface area (Å²) >= 11 is 0. The van der Waals surface area contributed by atoms with Crippen molar-refractivity contribution in [1.29, 1.82) is 0 Å². The van der Waals surface area contributed by atoms with Gasteiger partial charge in [-0.15, -0.1) is 0 Å². The molecule has 0 radical (unpaired) electrons. The molecule has 1 rings (SSSR count). The molecule has 0 aromatic carbocycles. The molecule has 2 N–H and O–H groups in total. The highest BCUT2D eigenvalue weighted by Gasteiger charge is 2.19. The van der Waals surface area contributed by atoms with E-state index in [1.54, 1.807) is 17.9 Å². The minimum Gasteiger partial charge on any atom is -0.467 e. The summed E-state index contributed by atoms with van der Waals surface area (Å²) in [5.74, 6) is -1.15. The second-order valence-corrected chi connectivity index (χ2v) is 3.77. The molecule has 1 aromatic rings. The van der Waals surface area contributed by atoms with Gasteiger partial charge in [0.25, 0.3) is 5.91 Å². The van der Waals surface area contributed by atoms with Gasteiger partial charge in [0, 0.05) is 13.2 Å². The van der Waals surface area contributed by atoms with Gasteiger partial charge >= 0.3 is 5.97 Å². The van der Waals surface area contributed by atoms with E-state index >= 15 is 0 Å². The highest BCUT2D eigenvalue weighted by Crippen LogP contribution is 2.06. The van der Waals surface area contributed by atoms with E-state index in [1.807, 2.05) is 6.92 Å². The number of amides is 1. The quantitative estimate of drug-likeness (QED) is 0.675.